The molecule has 1 aromatic carbocycles. The lowest BCUT2D eigenvalue weighted by Crippen LogP contribution is -2.48. The van der Waals surface area contributed by atoms with E-state index in [0.717, 1.165) is 54.3 Å². The van der Waals surface area contributed by atoms with Crippen molar-refractivity contribution in [2.24, 2.45) is 12.0 Å². The van der Waals surface area contributed by atoms with Gasteiger partial charge in [-0.1, -0.05) is 18.2 Å². The second-order valence-electron chi connectivity index (χ2n) is 6.73. The first kappa shape index (κ1) is 17.6. The molecule has 0 amide bonds. The molecule has 0 spiro atoms. The number of fused-ring (bicyclic) bond motifs is 1. The van der Waals surface area contributed by atoms with Gasteiger partial charge in [0.1, 0.15) is 17.4 Å². The maximum absolute atomic E-state index is 5.92. The van der Waals surface area contributed by atoms with Crippen molar-refractivity contribution < 1.29 is 9.15 Å². The molecule has 3 heterocycles. The zero-order chi connectivity index (χ0) is 18.6. The number of aryl methyl sites for hydroxylation is 1. The summed E-state index contributed by atoms with van der Waals surface area (Å²) in [5.41, 5.74) is 2.03. The topological polar surface area (TPSA) is 67.8 Å². The van der Waals surface area contributed by atoms with Crippen LogP contribution in [0.2, 0.25) is 0 Å². The Bertz CT molecular complexity index is 896. The first-order chi connectivity index (χ1) is 13.2. The van der Waals surface area contributed by atoms with Crippen molar-refractivity contribution in [2.75, 3.05) is 33.3 Å². The van der Waals surface area contributed by atoms with Crippen LogP contribution in [0.15, 0.2) is 52.1 Å². The van der Waals surface area contributed by atoms with Crippen LogP contribution in [0.4, 0.5) is 0 Å². The van der Waals surface area contributed by atoms with Crippen molar-refractivity contribution in [2.45, 2.75) is 12.5 Å². The van der Waals surface area contributed by atoms with Crippen molar-refractivity contribution in [3.8, 4) is 0 Å². The third-order valence-electron chi connectivity index (χ3n) is 4.81. The summed E-state index contributed by atoms with van der Waals surface area (Å²) in [5.74, 6) is 1.87. The van der Waals surface area contributed by atoms with Crippen molar-refractivity contribution in [1.82, 2.24) is 20.0 Å². The molecule has 2 aromatic heterocycles. The summed E-state index contributed by atoms with van der Waals surface area (Å²) >= 11 is 0. The summed E-state index contributed by atoms with van der Waals surface area (Å²) in [6.45, 7) is 3.02. The highest BCUT2D eigenvalue weighted by atomic mass is 16.5. The van der Waals surface area contributed by atoms with Gasteiger partial charge in [0.25, 0.3) is 0 Å². The Morgan fingerprint density at radius 3 is 3.04 bits per heavy atom. The van der Waals surface area contributed by atoms with E-state index in [1.54, 1.807) is 4.68 Å². The maximum atomic E-state index is 5.92. The molecular formula is C20H25N5O2. The van der Waals surface area contributed by atoms with Gasteiger partial charge >= 0.3 is 0 Å². The number of furan rings is 1. The molecule has 7 heteroatoms. The van der Waals surface area contributed by atoms with E-state index in [1.165, 1.54) is 0 Å². The Morgan fingerprint density at radius 1 is 1.37 bits per heavy atom. The van der Waals surface area contributed by atoms with Gasteiger partial charge in [0.15, 0.2) is 5.96 Å². The summed E-state index contributed by atoms with van der Waals surface area (Å²) in [5, 5.41) is 8.84. The number of nitrogens with one attached hydrogen (secondary N) is 1. The van der Waals surface area contributed by atoms with Crippen LogP contribution in [0.25, 0.3) is 11.0 Å². The number of para-hydroxylation sites is 1. The fraction of sp³-hybridized carbons (Fsp3) is 0.400. The average Bonchev–Trinajstić information content (AvgIpc) is 3.31. The number of nitrogens with zero attached hydrogens (tertiary/aromatic N) is 4. The number of hydrogen-bond donors (Lipinski definition) is 1. The summed E-state index contributed by atoms with van der Waals surface area (Å²) in [7, 11) is 3.74. The van der Waals surface area contributed by atoms with Gasteiger partial charge in [-0.2, -0.15) is 5.10 Å². The molecule has 1 atom stereocenters. The molecule has 7 nitrogen and oxygen atoms in total. The molecule has 1 aliphatic heterocycles. The number of guanidine groups is 1. The number of aliphatic imine (C=N–C) groups is 1. The molecule has 0 saturated carbocycles. The molecule has 4 rings (SSSR count). The van der Waals surface area contributed by atoms with Crippen LogP contribution >= 0.6 is 0 Å². The van der Waals surface area contributed by atoms with E-state index >= 15 is 0 Å². The second-order valence-corrected chi connectivity index (χ2v) is 6.73. The Kier molecular flexibility index (Phi) is 5.11. The van der Waals surface area contributed by atoms with Crippen LogP contribution in [0.3, 0.4) is 0 Å². The van der Waals surface area contributed by atoms with Gasteiger partial charge in [-0.3, -0.25) is 9.67 Å². The molecule has 1 unspecified atom stereocenters. The third-order valence-corrected chi connectivity index (χ3v) is 4.81. The molecule has 1 aliphatic rings. The normalized spacial score (nSPS) is 18.2. The lowest BCUT2D eigenvalue weighted by molar-refractivity contribution is -0.00801. The van der Waals surface area contributed by atoms with E-state index in [4.69, 9.17) is 9.15 Å². The van der Waals surface area contributed by atoms with E-state index in [0.29, 0.717) is 6.61 Å². The molecule has 0 aliphatic carbocycles. The monoisotopic (exact) mass is 367 g/mol. The molecule has 0 bridgehead atoms. The van der Waals surface area contributed by atoms with E-state index < -0.39 is 0 Å². The summed E-state index contributed by atoms with van der Waals surface area (Å²) in [6, 6.07) is 10.2. The van der Waals surface area contributed by atoms with Crippen LogP contribution in [-0.4, -0.2) is 53.9 Å². The zero-order valence-electron chi connectivity index (χ0n) is 15.8. The number of rotatable bonds is 4. The van der Waals surface area contributed by atoms with Crippen LogP contribution in [0, 0.1) is 0 Å². The number of benzene rings is 1. The molecule has 1 saturated heterocycles. The highest BCUT2D eigenvalue weighted by molar-refractivity contribution is 5.80. The summed E-state index contributed by atoms with van der Waals surface area (Å²) in [4.78, 5) is 6.68. The Balaban J connectivity index is 1.34. The average molecular weight is 367 g/mol. The summed E-state index contributed by atoms with van der Waals surface area (Å²) in [6.07, 6.45) is 4.70. The predicted octanol–water partition coefficient (Wildman–Crippen LogP) is 2.36. The van der Waals surface area contributed by atoms with Crippen LogP contribution in [0.5, 0.6) is 0 Å². The standard InChI is InChI=1S/C20H25N5O2/c1-21-20(22-8-7-17-11-15-5-3-4-6-18(15)27-17)25-9-10-26-19(14-25)16-12-23-24(2)13-16/h3-6,11-13,19H,7-10,14H2,1-2H3,(H,21,22). The molecule has 27 heavy (non-hydrogen) atoms. The molecular weight excluding hydrogens is 342 g/mol. The smallest absolute Gasteiger partial charge is 0.193 e. The minimum absolute atomic E-state index is 0.0152. The van der Waals surface area contributed by atoms with E-state index in [9.17, 15) is 0 Å². The van der Waals surface area contributed by atoms with Crippen LogP contribution in [0.1, 0.15) is 17.4 Å². The van der Waals surface area contributed by atoms with Crippen molar-refractivity contribution in [1.29, 1.82) is 0 Å². The van der Waals surface area contributed by atoms with E-state index in [-0.39, 0.29) is 6.10 Å². The first-order valence-corrected chi connectivity index (χ1v) is 9.26. The highest BCUT2D eigenvalue weighted by Gasteiger charge is 2.25. The fourth-order valence-electron chi connectivity index (χ4n) is 3.44. The van der Waals surface area contributed by atoms with Gasteiger partial charge in [0.05, 0.1) is 19.3 Å². The molecule has 0 radical (unpaired) electrons. The predicted molar refractivity (Wildman–Crippen MR) is 105 cm³/mol. The van der Waals surface area contributed by atoms with Crippen LogP contribution in [-0.2, 0) is 18.2 Å². The van der Waals surface area contributed by atoms with E-state index in [2.05, 4.69) is 32.4 Å². The third kappa shape index (κ3) is 3.98. The Labute approximate surface area is 158 Å². The van der Waals surface area contributed by atoms with Gasteiger partial charge in [-0.15, -0.1) is 0 Å². The van der Waals surface area contributed by atoms with Gasteiger partial charge in [-0.25, -0.2) is 0 Å². The number of ether oxygens (including phenoxy) is 1. The maximum Gasteiger partial charge on any atom is 0.193 e. The number of morpholine rings is 1. The highest BCUT2D eigenvalue weighted by Crippen LogP contribution is 2.22. The minimum atomic E-state index is 0.0152. The second kappa shape index (κ2) is 7.84. The Hall–Kier alpha value is -2.80. The van der Waals surface area contributed by atoms with Gasteiger partial charge in [0.2, 0.25) is 0 Å². The SMILES string of the molecule is CN=C(NCCc1cc2ccccc2o1)N1CCOC(c2cnn(C)c2)C1. The first-order valence-electron chi connectivity index (χ1n) is 9.26. The molecule has 142 valence electrons. The number of aromatic nitrogens is 2. The molecule has 3 aromatic rings. The largest absolute Gasteiger partial charge is 0.461 e. The lowest BCUT2D eigenvalue weighted by Gasteiger charge is -2.34. The van der Waals surface area contributed by atoms with Gasteiger partial charge in [0, 0.05) is 50.8 Å². The lowest BCUT2D eigenvalue weighted by atomic mass is 10.1. The Morgan fingerprint density at radius 2 is 2.26 bits per heavy atom. The van der Waals surface area contributed by atoms with Gasteiger partial charge in [-0.05, 0) is 12.1 Å². The quantitative estimate of drug-likeness (QED) is 0.566. The number of hydrogen-bond acceptors (Lipinski definition) is 4. The molecule has 1 N–H and O–H groups in total. The molecule has 1 fully saturated rings. The summed E-state index contributed by atoms with van der Waals surface area (Å²) < 4.78 is 13.6. The van der Waals surface area contributed by atoms with Crippen LogP contribution < -0.4 is 5.32 Å². The minimum Gasteiger partial charge on any atom is -0.461 e. The van der Waals surface area contributed by atoms with E-state index in [1.807, 2.05) is 44.7 Å². The van der Waals surface area contributed by atoms with Gasteiger partial charge < -0.3 is 19.4 Å². The zero-order valence-corrected chi connectivity index (χ0v) is 15.8. The van der Waals surface area contributed by atoms with Crippen molar-refractivity contribution in [3.05, 3.63) is 54.0 Å². The van der Waals surface area contributed by atoms with Crippen molar-refractivity contribution in [3.63, 3.8) is 0 Å². The fourth-order valence-corrected chi connectivity index (χ4v) is 3.44. The van der Waals surface area contributed by atoms with Crippen molar-refractivity contribution >= 4 is 16.9 Å².